The van der Waals surface area contributed by atoms with E-state index in [1.165, 1.54) is 18.4 Å². The van der Waals surface area contributed by atoms with Crippen LogP contribution in [0.1, 0.15) is 22.2 Å². The lowest BCUT2D eigenvalue weighted by Gasteiger charge is -2.35. The first-order chi connectivity index (χ1) is 18.0. The van der Waals surface area contributed by atoms with Crippen LogP contribution in [0.5, 0.6) is 0 Å². The summed E-state index contributed by atoms with van der Waals surface area (Å²) in [6.07, 6.45) is 5.28. The molecular formula is C27H26FN5O4. The number of ether oxygens (including phenoxy) is 1. The molecule has 4 aromatic rings. The summed E-state index contributed by atoms with van der Waals surface area (Å²) in [4.78, 5) is 33.1. The van der Waals surface area contributed by atoms with Crippen molar-refractivity contribution < 1.29 is 23.1 Å². The summed E-state index contributed by atoms with van der Waals surface area (Å²) in [6, 6.07) is 16.7. The van der Waals surface area contributed by atoms with Crippen molar-refractivity contribution in [2.24, 2.45) is 0 Å². The van der Waals surface area contributed by atoms with Gasteiger partial charge in [-0.05, 0) is 54.1 Å². The molecule has 1 aliphatic rings. The maximum absolute atomic E-state index is 13.4. The lowest BCUT2D eigenvalue weighted by Crippen LogP contribution is -2.48. The number of aromatic nitrogens is 2. The van der Waals surface area contributed by atoms with Crippen molar-refractivity contribution in [3.63, 3.8) is 0 Å². The van der Waals surface area contributed by atoms with Crippen molar-refractivity contribution in [2.45, 2.75) is 12.6 Å². The second-order valence-electron chi connectivity index (χ2n) is 8.63. The Labute approximate surface area is 213 Å². The fraction of sp³-hybridized carbons (Fsp3) is 0.222. The van der Waals surface area contributed by atoms with Gasteiger partial charge >= 0.3 is 6.09 Å². The predicted molar refractivity (Wildman–Crippen MR) is 135 cm³/mol. The molecule has 1 N–H and O–H groups in total. The number of carbonyl (C=O) groups excluding carboxylic acids is 2. The summed E-state index contributed by atoms with van der Waals surface area (Å²) in [6.45, 7) is 2.90. The van der Waals surface area contributed by atoms with Crippen molar-refractivity contribution in [1.82, 2.24) is 14.5 Å². The van der Waals surface area contributed by atoms with Crippen molar-refractivity contribution in [3.05, 3.63) is 103 Å². The minimum absolute atomic E-state index is 0.102. The van der Waals surface area contributed by atoms with Crippen LogP contribution in [0.2, 0.25) is 0 Å². The fourth-order valence-electron chi connectivity index (χ4n) is 4.23. The van der Waals surface area contributed by atoms with Gasteiger partial charge < -0.3 is 23.5 Å². The molecule has 1 aliphatic heterocycles. The van der Waals surface area contributed by atoms with E-state index in [0.29, 0.717) is 49.7 Å². The largest absolute Gasteiger partial charge is 0.459 e. The van der Waals surface area contributed by atoms with E-state index in [4.69, 9.17) is 9.15 Å². The van der Waals surface area contributed by atoms with Gasteiger partial charge in [0, 0.05) is 49.9 Å². The molecular weight excluding hydrogens is 477 g/mol. The number of nitrogens with one attached hydrogen (secondary N) is 1. The van der Waals surface area contributed by atoms with Crippen LogP contribution in [-0.4, -0.2) is 52.6 Å². The first-order valence-electron chi connectivity index (χ1n) is 11.9. The lowest BCUT2D eigenvalue weighted by molar-refractivity contribution is 0.0714. The fourth-order valence-corrected chi connectivity index (χ4v) is 4.23. The minimum Gasteiger partial charge on any atom is -0.459 e. The number of amides is 2. The molecule has 1 saturated heterocycles. The normalized spacial score (nSPS) is 14.3. The molecule has 0 saturated carbocycles. The molecule has 0 unspecified atom stereocenters. The number of hydrogen-bond donors (Lipinski definition) is 1. The van der Waals surface area contributed by atoms with E-state index >= 15 is 0 Å². The molecule has 2 amide bonds. The van der Waals surface area contributed by atoms with E-state index in [9.17, 15) is 14.0 Å². The van der Waals surface area contributed by atoms with Gasteiger partial charge in [0.15, 0.2) is 5.76 Å². The highest BCUT2D eigenvalue weighted by Crippen LogP contribution is 2.23. The molecule has 0 bridgehead atoms. The lowest BCUT2D eigenvalue weighted by atomic mass is 10.1. The third-order valence-corrected chi connectivity index (χ3v) is 6.20. The Morgan fingerprint density at radius 1 is 1.03 bits per heavy atom. The number of rotatable bonds is 7. The summed E-state index contributed by atoms with van der Waals surface area (Å²) in [5.41, 5.74) is 2.25. The topological polar surface area (TPSA) is 92.8 Å². The Morgan fingerprint density at radius 2 is 1.78 bits per heavy atom. The van der Waals surface area contributed by atoms with Crippen LogP contribution in [0.25, 0.3) is 0 Å². The molecule has 0 aliphatic carbocycles. The zero-order valence-corrected chi connectivity index (χ0v) is 20.0. The van der Waals surface area contributed by atoms with Crippen LogP contribution in [0.4, 0.5) is 20.6 Å². The highest BCUT2D eigenvalue weighted by atomic mass is 19.1. The molecule has 10 heteroatoms. The van der Waals surface area contributed by atoms with Crippen LogP contribution in [-0.2, 0) is 11.3 Å². The molecule has 5 rings (SSSR count). The first-order valence-corrected chi connectivity index (χ1v) is 11.9. The average molecular weight is 504 g/mol. The monoisotopic (exact) mass is 503 g/mol. The number of piperazine rings is 1. The maximum Gasteiger partial charge on any atom is 0.412 e. The van der Waals surface area contributed by atoms with Crippen LogP contribution < -0.4 is 10.2 Å². The smallest absolute Gasteiger partial charge is 0.412 e. The summed E-state index contributed by atoms with van der Waals surface area (Å²) in [5, 5.41) is 2.76. The molecule has 0 spiro atoms. The van der Waals surface area contributed by atoms with E-state index < -0.39 is 12.2 Å². The van der Waals surface area contributed by atoms with Crippen molar-refractivity contribution in [2.75, 3.05) is 36.4 Å². The van der Waals surface area contributed by atoms with Crippen molar-refractivity contribution in [1.29, 1.82) is 0 Å². The molecule has 1 atom stereocenters. The van der Waals surface area contributed by atoms with Gasteiger partial charge in [0.05, 0.1) is 19.1 Å². The zero-order valence-electron chi connectivity index (χ0n) is 20.0. The van der Waals surface area contributed by atoms with Crippen LogP contribution in [0, 0.1) is 5.82 Å². The number of imidazole rings is 1. The summed E-state index contributed by atoms with van der Waals surface area (Å²) < 4.78 is 26.1. The molecule has 1 fully saturated rings. The van der Waals surface area contributed by atoms with E-state index in [2.05, 4.69) is 15.2 Å². The SMILES string of the molecule is O=C(Nc1ccc(N2CCN(C(=O)c3ccco3)CC2)cc1)O[C@@H](Cn1ccnc1)c1ccc(F)cc1. The Hall–Kier alpha value is -4.60. The summed E-state index contributed by atoms with van der Waals surface area (Å²) in [5.74, 6) is -0.114. The number of carbonyl (C=O) groups is 2. The van der Waals surface area contributed by atoms with Crippen molar-refractivity contribution in [3.8, 4) is 0 Å². The standard InChI is InChI=1S/C27H26FN5O4/c28-21-5-3-20(4-6-21)25(18-31-12-11-29-19-31)37-27(35)30-22-7-9-23(10-8-22)32-13-15-33(16-14-32)26(34)24-2-1-17-36-24/h1-12,17,19,25H,13-16,18H2,(H,30,35)/t25-/m0/s1. The molecule has 0 radical (unpaired) electrons. The molecule has 2 aromatic carbocycles. The number of nitrogens with zero attached hydrogens (tertiary/aromatic N) is 4. The quantitative estimate of drug-likeness (QED) is 0.397. The Balaban J connectivity index is 1.17. The van der Waals surface area contributed by atoms with Crippen molar-refractivity contribution >= 4 is 23.4 Å². The second-order valence-corrected chi connectivity index (χ2v) is 8.63. The average Bonchev–Trinajstić information content (AvgIpc) is 3.64. The predicted octanol–water partition coefficient (Wildman–Crippen LogP) is 4.57. The van der Waals surface area contributed by atoms with Crippen LogP contribution in [0.15, 0.2) is 90.1 Å². The minimum atomic E-state index is -0.630. The molecule has 9 nitrogen and oxygen atoms in total. The molecule has 37 heavy (non-hydrogen) atoms. The summed E-state index contributed by atoms with van der Waals surface area (Å²) in [7, 11) is 0. The number of hydrogen-bond acceptors (Lipinski definition) is 6. The van der Waals surface area contributed by atoms with Gasteiger partial charge in [0.1, 0.15) is 11.9 Å². The zero-order chi connectivity index (χ0) is 25.6. The first kappa shape index (κ1) is 24.1. The Morgan fingerprint density at radius 3 is 2.43 bits per heavy atom. The van der Waals surface area contributed by atoms with Gasteiger partial charge in [-0.25, -0.2) is 14.2 Å². The molecule has 190 valence electrons. The van der Waals surface area contributed by atoms with E-state index in [0.717, 1.165) is 5.69 Å². The van der Waals surface area contributed by atoms with Gasteiger partial charge in [0.25, 0.3) is 5.91 Å². The Bertz CT molecular complexity index is 1300. The van der Waals surface area contributed by atoms with E-state index in [1.54, 1.807) is 64.6 Å². The van der Waals surface area contributed by atoms with Gasteiger partial charge in [-0.2, -0.15) is 0 Å². The summed E-state index contributed by atoms with van der Waals surface area (Å²) >= 11 is 0. The highest BCUT2D eigenvalue weighted by molar-refractivity contribution is 5.91. The molecule has 2 aromatic heterocycles. The van der Waals surface area contributed by atoms with Crippen LogP contribution >= 0.6 is 0 Å². The number of benzene rings is 2. The number of halogens is 1. The molecule has 3 heterocycles. The number of furan rings is 1. The number of anilines is 2. The van der Waals surface area contributed by atoms with E-state index in [1.807, 2.05) is 12.1 Å². The third kappa shape index (κ3) is 5.97. The maximum atomic E-state index is 13.4. The van der Waals surface area contributed by atoms with Gasteiger partial charge in [-0.15, -0.1) is 0 Å². The van der Waals surface area contributed by atoms with Gasteiger partial charge in [0.2, 0.25) is 0 Å². The van der Waals surface area contributed by atoms with Crippen LogP contribution in [0.3, 0.4) is 0 Å². The second kappa shape index (κ2) is 11.0. The third-order valence-electron chi connectivity index (χ3n) is 6.20. The Kier molecular flexibility index (Phi) is 7.16. The van der Waals surface area contributed by atoms with Gasteiger partial charge in [-0.1, -0.05) is 12.1 Å². The van der Waals surface area contributed by atoms with E-state index in [-0.39, 0.29) is 11.7 Å². The highest BCUT2D eigenvalue weighted by Gasteiger charge is 2.24. The van der Waals surface area contributed by atoms with Gasteiger partial charge in [-0.3, -0.25) is 10.1 Å².